The first-order valence-electron chi connectivity index (χ1n) is 12.8. The van der Waals surface area contributed by atoms with E-state index in [1.807, 2.05) is 6.07 Å². The van der Waals surface area contributed by atoms with E-state index in [1.54, 1.807) is 0 Å². The van der Waals surface area contributed by atoms with Gasteiger partial charge in [0.2, 0.25) is 0 Å². The van der Waals surface area contributed by atoms with Crippen LogP contribution in [0.4, 0.5) is 14.5 Å². The molecule has 0 radical (unpaired) electrons. The number of aromatic nitrogens is 3. The Kier molecular flexibility index (Phi) is 8.77. The van der Waals surface area contributed by atoms with Crippen LogP contribution in [0.2, 0.25) is 10.0 Å². The van der Waals surface area contributed by atoms with Crippen LogP contribution in [0, 0.1) is 23.0 Å². The Labute approximate surface area is 248 Å². The molecular formula is C27H25Cl2F2N5O6. The Morgan fingerprint density at radius 3 is 2.60 bits per heavy atom. The fourth-order valence-corrected chi connectivity index (χ4v) is 5.72. The second kappa shape index (κ2) is 12.2. The van der Waals surface area contributed by atoms with Crippen molar-refractivity contribution in [1.82, 2.24) is 15.0 Å². The molecule has 2 fully saturated rings. The SMILES string of the molecule is CO[C@@H]1[C@@H](n2cc(-c3cc(F)c(F)c(Cl)c3)nn2)[C@@H](O)[C@@H](CO)O[C@H]1C(=O)N(c1cc(Cl)cc(C#N)c1)[C@H]1CC[C@@H]1O. The van der Waals surface area contributed by atoms with Crippen LogP contribution in [0.1, 0.15) is 24.4 Å². The number of benzene rings is 2. The molecule has 5 rings (SSSR count). The number of rotatable bonds is 7. The lowest BCUT2D eigenvalue weighted by Gasteiger charge is -2.47. The number of ether oxygens (including phenoxy) is 2. The Morgan fingerprint density at radius 2 is 2.00 bits per heavy atom. The van der Waals surface area contributed by atoms with E-state index in [2.05, 4.69) is 10.3 Å². The van der Waals surface area contributed by atoms with Gasteiger partial charge in [-0.05, 0) is 43.2 Å². The highest BCUT2D eigenvalue weighted by molar-refractivity contribution is 6.31. The second-order valence-corrected chi connectivity index (χ2v) is 10.9. The molecule has 1 saturated carbocycles. The van der Waals surface area contributed by atoms with Crippen molar-refractivity contribution >= 4 is 34.8 Å². The van der Waals surface area contributed by atoms with Crippen molar-refractivity contribution in [1.29, 1.82) is 5.26 Å². The summed E-state index contributed by atoms with van der Waals surface area (Å²) in [5.74, 6) is -3.10. The normalized spacial score (nSPS) is 27.3. The highest BCUT2D eigenvalue weighted by Gasteiger charge is 2.52. The molecule has 222 valence electrons. The Balaban J connectivity index is 1.54. The predicted octanol–water partition coefficient (Wildman–Crippen LogP) is 2.63. The molecule has 2 heterocycles. The van der Waals surface area contributed by atoms with Crippen LogP contribution < -0.4 is 4.90 Å². The third-order valence-corrected chi connectivity index (χ3v) is 8.03. The average Bonchev–Trinajstić information content (AvgIpc) is 3.46. The minimum Gasteiger partial charge on any atom is -0.394 e. The summed E-state index contributed by atoms with van der Waals surface area (Å²) in [6.07, 6.45) is -4.03. The van der Waals surface area contributed by atoms with Gasteiger partial charge in [0.25, 0.3) is 5.91 Å². The quantitative estimate of drug-likeness (QED) is 0.337. The highest BCUT2D eigenvalue weighted by atomic mass is 35.5. The van der Waals surface area contributed by atoms with Gasteiger partial charge in [-0.25, -0.2) is 13.5 Å². The van der Waals surface area contributed by atoms with Crippen molar-refractivity contribution in [2.45, 2.75) is 55.4 Å². The van der Waals surface area contributed by atoms with Gasteiger partial charge in [0, 0.05) is 23.4 Å². The smallest absolute Gasteiger partial charge is 0.259 e. The van der Waals surface area contributed by atoms with Gasteiger partial charge in [0.05, 0.1) is 41.6 Å². The van der Waals surface area contributed by atoms with Crippen molar-refractivity contribution in [3.8, 4) is 17.3 Å². The molecular weight excluding hydrogens is 599 g/mol. The van der Waals surface area contributed by atoms with Gasteiger partial charge in [-0.1, -0.05) is 28.4 Å². The van der Waals surface area contributed by atoms with Crippen LogP contribution in [0.15, 0.2) is 36.5 Å². The molecule has 7 atom stereocenters. The summed E-state index contributed by atoms with van der Waals surface area (Å²) in [7, 11) is 1.29. The maximum atomic E-state index is 14.2. The third kappa shape index (κ3) is 5.47. The van der Waals surface area contributed by atoms with Crippen molar-refractivity contribution in [2.24, 2.45) is 0 Å². The number of hydrogen-bond donors (Lipinski definition) is 3. The minimum atomic E-state index is -1.45. The van der Waals surface area contributed by atoms with Crippen molar-refractivity contribution < 1.29 is 38.4 Å². The molecule has 1 aliphatic carbocycles. The summed E-state index contributed by atoms with van der Waals surface area (Å²) in [6.45, 7) is -0.681. The number of aliphatic hydroxyl groups excluding tert-OH is 3. The first-order chi connectivity index (χ1) is 20.1. The maximum absolute atomic E-state index is 14.2. The zero-order valence-corrected chi connectivity index (χ0v) is 23.5. The molecule has 1 amide bonds. The molecule has 3 N–H and O–H groups in total. The summed E-state index contributed by atoms with van der Waals surface area (Å²) in [5.41, 5.74) is 0.611. The van der Waals surface area contributed by atoms with E-state index >= 15 is 0 Å². The van der Waals surface area contributed by atoms with E-state index in [9.17, 15) is 34.2 Å². The number of methoxy groups -OCH3 is 1. The lowest BCUT2D eigenvalue weighted by Crippen LogP contribution is -2.64. The standard InChI is InChI=1S/C27H25Cl2F2N5O6/c1-41-25-23(35-10-18(33-34-35)13-6-16(29)22(31)17(30)7-13)24(39)21(11-37)42-26(25)27(40)36(19-2-3-20(19)38)15-5-12(9-32)4-14(28)8-15/h4-8,10,19-21,23-26,37-39H,2-3,11H2,1H3/t19-,20-,21+,23-,24-,25+,26+/m0/s1. The first-order valence-corrected chi connectivity index (χ1v) is 13.6. The zero-order valence-electron chi connectivity index (χ0n) is 21.9. The Hall–Kier alpha value is -3.22. The van der Waals surface area contributed by atoms with Crippen LogP contribution in [-0.4, -0.2) is 86.5 Å². The number of carbonyl (C=O) groups excluding carboxylic acids is 1. The third-order valence-electron chi connectivity index (χ3n) is 7.54. The van der Waals surface area contributed by atoms with E-state index in [0.29, 0.717) is 12.8 Å². The number of nitriles is 1. The maximum Gasteiger partial charge on any atom is 0.259 e. The minimum absolute atomic E-state index is 0.0787. The number of nitrogens with zero attached hydrogens (tertiary/aromatic N) is 5. The summed E-state index contributed by atoms with van der Waals surface area (Å²) in [6, 6.07) is 6.56. The first kappa shape index (κ1) is 30.2. The summed E-state index contributed by atoms with van der Waals surface area (Å²) in [5, 5.41) is 48.9. The second-order valence-electron chi connectivity index (χ2n) is 10.0. The highest BCUT2D eigenvalue weighted by Crippen LogP contribution is 2.38. The molecule has 11 nitrogen and oxygen atoms in total. The summed E-state index contributed by atoms with van der Waals surface area (Å²) >= 11 is 12.0. The number of anilines is 1. The van der Waals surface area contributed by atoms with Gasteiger partial charge in [0.1, 0.15) is 30.0 Å². The molecule has 1 saturated heterocycles. The number of hydrogen-bond acceptors (Lipinski definition) is 9. The predicted molar refractivity (Wildman–Crippen MR) is 145 cm³/mol. The largest absolute Gasteiger partial charge is 0.394 e. The molecule has 2 aliphatic rings. The van der Waals surface area contributed by atoms with Crippen molar-refractivity contribution in [3.05, 3.63) is 63.8 Å². The van der Waals surface area contributed by atoms with Crippen molar-refractivity contribution in [2.75, 3.05) is 18.6 Å². The molecule has 0 unspecified atom stereocenters. The van der Waals surface area contributed by atoms with E-state index in [4.69, 9.17) is 32.7 Å². The molecule has 1 aromatic heterocycles. The molecule has 1 aliphatic heterocycles. The fourth-order valence-electron chi connectivity index (χ4n) is 5.28. The van der Waals surface area contributed by atoms with Gasteiger partial charge < -0.3 is 29.7 Å². The van der Waals surface area contributed by atoms with Crippen LogP contribution in [0.25, 0.3) is 11.3 Å². The van der Waals surface area contributed by atoms with Crippen LogP contribution >= 0.6 is 23.2 Å². The molecule has 0 bridgehead atoms. The number of aliphatic hydroxyl groups is 3. The molecule has 2 aromatic carbocycles. The molecule has 3 aromatic rings. The number of carbonyl (C=O) groups is 1. The number of amides is 1. The topological polar surface area (TPSA) is 154 Å². The zero-order chi connectivity index (χ0) is 30.3. The van der Waals surface area contributed by atoms with E-state index < -0.39 is 71.8 Å². The van der Waals surface area contributed by atoms with Gasteiger partial charge in [-0.2, -0.15) is 5.26 Å². The van der Waals surface area contributed by atoms with Crippen LogP contribution in [-0.2, 0) is 14.3 Å². The Morgan fingerprint density at radius 1 is 1.24 bits per heavy atom. The molecule has 42 heavy (non-hydrogen) atoms. The van der Waals surface area contributed by atoms with E-state index in [0.717, 1.165) is 12.1 Å². The number of halogens is 4. The summed E-state index contributed by atoms with van der Waals surface area (Å²) in [4.78, 5) is 15.5. The monoisotopic (exact) mass is 623 g/mol. The molecule has 0 spiro atoms. The van der Waals surface area contributed by atoms with Gasteiger partial charge in [-0.3, -0.25) is 4.79 Å². The summed E-state index contributed by atoms with van der Waals surface area (Å²) < 4.78 is 40.5. The molecule has 15 heteroatoms. The van der Waals surface area contributed by atoms with E-state index in [-0.39, 0.29) is 27.5 Å². The van der Waals surface area contributed by atoms with Gasteiger partial charge in [0.15, 0.2) is 17.7 Å². The Bertz CT molecular complexity index is 1510. The fraction of sp³-hybridized carbons (Fsp3) is 0.407. The van der Waals surface area contributed by atoms with Crippen LogP contribution in [0.5, 0.6) is 0 Å². The van der Waals surface area contributed by atoms with Gasteiger partial charge in [-0.15, -0.1) is 5.10 Å². The lowest BCUT2D eigenvalue weighted by molar-refractivity contribution is -0.211. The lowest BCUT2D eigenvalue weighted by atomic mass is 9.85. The van der Waals surface area contributed by atoms with Crippen molar-refractivity contribution in [3.63, 3.8) is 0 Å². The van der Waals surface area contributed by atoms with E-state index in [1.165, 1.54) is 41.1 Å². The average molecular weight is 624 g/mol. The van der Waals surface area contributed by atoms with Gasteiger partial charge >= 0.3 is 0 Å². The van der Waals surface area contributed by atoms with Crippen LogP contribution in [0.3, 0.4) is 0 Å².